The molecule has 0 radical (unpaired) electrons. The summed E-state index contributed by atoms with van der Waals surface area (Å²) in [6.45, 7) is 1.64. The standard InChI is InChI=1S/C19H26N2O3/c1-23-19-7-4-16(24-13-14-2-3-14)12-17(19)21(11-8-19)18(22)15-5-9-20-10-6-15/h5-6,9-10,14,16-17H,2-4,7-8,11-13H2,1H3/t16-,17+,19-/m1/s1. The second-order valence-electron chi connectivity index (χ2n) is 7.44. The first-order valence-electron chi connectivity index (χ1n) is 9.09. The maximum Gasteiger partial charge on any atom is 0.254 e. The van der Waals surface area contributed by atoms with E-state index in [1.807, 2.05) is 4.90 Å². The first-order chi connectivity index (χ1) is 11.7. The number of amides is 1. The molecule has 3 aliphatic rings. The molecule has 1 amide bonds. The van der Waals surface area contributed by atoms with Crippen molar-refractivity contribution >= 4 is 5.91 Å². The zero-order chi connectivity index (χ0) is 16.6. The molecular formula is C19H26N2O3. The zero-order valence-corrected chi connectivity index (χ0v) is 14.3. The molecule has 0 spiro atoms. The second-order valence-corrected chi connectivity index (χ2v) is 7.44. The minimum absolute atomic E-state index is 0.0872. The Morgan fingerprint density at radius 2 is 2.08 bits per heavy atom. The fourth-order valence-electron chi connectivity index (χ4n) is 4.27. The molecule has 2 heterocycles. The number of likely N-dealkylation sites (tertiary alicyclic amines) is 1. The molecule has 5 heteroatoms. The van der Waals surface area contributed by atoms with Gasteiger partial charge in [-0.05, 0) is 56.6 Å². The molecule has 0 N–H and O–H groups in total. The fourth-order valence-corrected chi connectivity index (χ4v) is 4.27. The Morgan fingerprint density at radius 1 is 1.29 bits per heavy atom. The number of aromatic nitrogens is 1. The number of ether oxygens (including phenoxy) is 2. The molecule has 4 rings (SSSR count). The second kappa shape index (κ2) is 6.45. The summed E-state index contributed by atoms with van der Waals surface area (Å²) in [4.78, 5) is 19.0. The quantitative estimate of drug-likeness (QED) is 0.833. The van der Waals surface area contributed by atoms with Crippen molar-refractivity contribution in [2.45, 2.75) is 56.3 Å². The highest BCUT2D eigenvalue weighted by atomic mass is 16.5. The molecule has 1 saturated heterocycles. The van der Waals surface area contributed by atoms with E-state index in [0.717, 1.165) is 44.8 Å². The van der Waals surface area contributed by atoms with Crippen LogP contribution >= 0.6 is 0 Å². The summed E-state index contributed by atoms with van der Waals surface area (Å²) in [7, 11) is 1.79. The molecule has 0 bridgehead atoms. The monoisotopic (exact) mass is 330 g/mol. The van der Waals surface area contributed by atoms with Crippen LogP contribution in [-0.4, -0.2) is 53.8 Å². The van der Waals surface area contributed by atoms with Gasteiger partial charge in [0.25, 0.3) is 5.91 Å². The van der Waals surface area contributed by atoms with Crippen molar-refractivity contribution in [1.29, 1.82) is 0 Å². The summed E-state index contributed by atoms with van der Waals surface area (Å²) >= 11 is 0. The third-order valence-corrected chi connectivity index (χ3v) is 5.99. The molecule has 3 atom stereocenters. The first-order valence-corrected chi connectivity index (χ1v) is 9.09. The highest BCUT2D eigenvalue weighted by Gasteiger charge is 2.52. The number of rotatable bonds is 5. The Kier molecular flexibility index (Phi) is 4.31. The summed E-state index contributed by atoms with van der Waals surface area (Å²) in [6, 6.07) is 3.69. The average molecular weight is 330 g/mol. The molecule has 2 aliphatic carbocycles. The molecule has 130 valence electrons. The normalized spacial score (nSPS) is 32.6. The molecule has 1 aliphatic heterocycles. The van der Waals surface area contributed by atoms with Crippen LogP contribution in [-0.2, 0) is 9.47 Å². The summed E-state index contributed by atoms with van der Waals surface area (Å²) in [5, 5.41) is 0. The van der Waals surface area contributed by atoms with Gasteiger partial charge in [-0.15, -0.1) is 0 Å². The molecule has 0 unspecified atom stereocenters. The lowest BCUT2D eigenvalue weighted by Crippen LogP contribution is -2.53. The molecule has 1 aromatic rings. The zero-order valence-electron chi connectivity index (χ0n) is 14.3. The van der Waals surface area contributed by atoms with Crippen LogP contribution in [0.2, 0.25) is 0 Å². The molecule has 2 saturated carbocycles. The smallest absolute Gasteiger partial charge is 0.254 e. The Morgan fingerprint density at radius 3 is 2.79 bits per heavy atom. The van der Waals surface area contributed by atoms with E-state index in [-0.39, 0.29) is 23.7 Å². The minimum atomic E-state index is -0.192. The van der Waals surface area contributed by atoms with E-state index in [9.17, 15) is 4.79 Å². The molecule has 5 nitrogen and oxygen atoms in total. The van der Waals surface area contributed by atoms with Gasteiger partial charge in [0.15, 0.2) is 0 Å². The Labute approximate surface area is 143 Å². The summed E-state index contributed by atoms with van der Waals surface area (Å²) in [6.07, 6.45) is 10.0. The van der Waals surface area contributed by atoms with Gasteiger partial charge in [-0.25, -0.2) is 0 Å². The van der Waals surface area contributed by atoms with Crippen LogP contribution < -0.4 is 0 Å². The number of hydrogen-bond acceptors (Lipinski definition) is 4. The summed E-state index contributed by atoms with van der Waals surface area (Å²) < 4.78 is 12.1. The first kappa shape index (κ1) is 16.0. The average Bonchev–Trinajstić information content (AvgIpc) is 3.39. The Hall–Kier alpha value is -1.46. The van der Waals surface area contributed by atoms with Gasteiger partial charge in [0, 0.05) is 38.2 Å². The predicted octanol–water partition coefficient (Wildman–Crippen LogP) is 2.66. The van der Waals surface area contributed by atoms with Crippen molar-refractivity contribution < 1.29 is 14.3 Å². The summed E-state index contributed by atoms with van der Waals surface area (Å²) in [5.74, 6) is 0.862. The third kappa shape index (κ3) is 2.95. The fraction of sp³-hybridized carbons (Fsp3) is 0.684. The number of pyridine rings is 1. The van der Waals surface area contributed by atoms with Crippen LogP contribution in [0.3, 0.4) is 0 Å². The number of carbonyl (C=O) groups excluding carboxylic acids is 1. The van der Waals surface area contributed by atoms with Crippen LogP contribution in [0, 0.1) is 5.92 Å². The largest absolute Gasteiger partial charge is 0.378 e. The van der Waals surface area contributed by atoms with Crippen LogP contribution in [0.25, 0.3) is 0 Å². The van der Waals surface area contributed by atoms with Gasteiger partial charge in [-0.1, -0.05) is 0 Å². The van der Waals surface area contributed by atoms with Crippen molar-refractivity contribution in [2.75, 3.05) is 20.3 Å². The molecule has 0 aromatic carbocycles. The highest BCUT2D eigenvalue weighted by molar-refractivity contribution is 5.94. The van der Waals surface area contributed by atoms with E-state index in [1.54, 1.807) is 31.6 Å². The van der Waals surface area contributed by atoms with E-state index in [1.165, 1.54) is 12.8 Å². The maximum atomic E-state index is 12.9. The van der Waals surface area contributed by atoms with Crippen LogP contribution in [0.4, 0.5) is 0 Å². The van der Waals surface area contributed by atoms with Crippen molar-refractivity contribution in [1.82, 2.24) is 9.88 Å². The third-order valence-electron chi connectivity index (χ3n) is 5.99. The van der Waals surface area contributed by atoms with Gasteiger partial charge in [-0.3, -0.25) is 9.78 Å². The van der Waals surface area contributed by atoms with E-state index >= 15 is 0 Å². The van der Waals surface area contributed by atoms with Gasteiger partial charge in [0.1, 0.15) is 0 Å². The number of hydrogen-bond donors (Lipinski definition) is 0. The number of nitrogens with zero attached hydrogens (tertiary/aromatic N) is 2. The summed E-state index contributed by atoms with van der Waals surface area (Å²) in [5.41, 5.74) is 0.514. The number of fused-ring (bicyclic) bond motifs is 1. The van der Waals surface area contributed by atoms with Crippen LogP contribution in [0.5, 0.6) is 0 Å². The Bertz CT molecular complexity index is 590. The van der Waals surface area contributed by atoms with Gasteiger partial charge >= 0.3 is 0 Å². The highest BCUT2D eigenvalue weighted by Crippen LogP contribution is 2.44. The lowest BCUT2D eigenvalue weighted by Gasteiger charge is -2.43. The van der Waals surface area contributed by atoms with Gasteiger partial charge in [0.2, 0.25) is 0 Å². The predicted molar refractivity (Wildman–Crippen MR) is 89.7 cm³/mol. The topological polar surface area (TPSA) is 51.7 Å². The van der Waals surface area contributed by atoms with Crippen LogP contribution in [0.15, 0.2) is 24.5 Å². The van der Waals surface area contributed by atoms with Gasteiger partial charge in [-0.2, -0.15) is 0 Å². The van der Waals surface area contributed by atoms with E-state index in [0.29, 0.717) is 5.56 Å². The minimum Gasteiger partial charge on any atom is -0.378 e. The van der Waals surface area contributed by atoms with E-state index in [2.05, 4.69) is 4.98 Å². The van der Waals surface area contributed by atoms with Crippen LogP contribution in [0.1, 0.15) is 48.9 Å². The molecule has 24 heavy (non-hydrogen) atoms. The van der Waals surface area contributed by atoms with Gasteiger partial charge in [0.05, 0.1) is 17.7 Å². The van der Waals surface area contributed by atoms with Crippen molar-refractivity contribution in [2.24, 2.45) is 5.92 Å². The Balaban J connectivity index is 1.49. The molecular weight excluding hydrogens is 304 g/mol. The SMILES string of the molecule is CO[C@@]12CC[C@@H](OCC3CC3)C[C@@H]1N(C(=O)c1ccncc1)CC2. The van der Waals surface area contributed by atoms with Crippen molar-refractivity contribution in [3.63, 3.8) is 0 Å². The maximum absolute atomic E-state index is 12.9. The lowest BCUT2D eigenvalue weighted by molar-refractivity contribution is -0.0977. The number of carbonyl (C=O) groups is 1. The van der Waals surface area contributed by atoms with E-state index in [4.69, 9.17) is 9.47 Å². The number of methoxy groups -OCH3 is 1. The van der Waals surface area contributed by atoms with Crippen molar-refractivity contribution in [3.8, 4) is 0 Å². The van der Waals surface area contributed by atoms with Crippen molar-refractivity contribution in [3.05, 3.63) is 30.1 Å². The lowest BCUT2D eigenvalue weighted by atomic mass is 9.79. The van der Waals surface area contributed by atoms with E-state index < -0.39 is 0 Å². The molecule has 1 aromatic heterocycles. The van der Waals surface area contributed by atoms with Gasteiger partial charge < -0.3 is 14.4 Å². The molecule has 3 fully saturated rings.